The molecule has 0 saturated heterocycles. The van der Waals surface area contributed by atoms with Gasteiger partial charge in [-0.15, -0.1) is 0 Å². The number of phenols is 1. The van der Waals surface area contributed by atoms with Crippen LogP contribution in [-0.4, -0.2) is 79.2 Å². The van der Waals surface area contributed by atoms with E-state index in [-0.39, 0.29) is 25.3 Å². The summed E-state index contributed by atoms with van der Waals surface area (Å²) in [5.74, 6) is 1.48. The molecule has 338 valence electrons. The largest absolute Gasteiger partial charge is 0.508 e. The van der Waals surface area contributed by atoms with Gasteiger partial charge in [0, 0.05) is 69.2 Å². The topological polar surface area (TPSA) is 324 Å². The second kappa shape index (κ2) is 31.9. The highest BCUT2D eigenvalue weighted by Gasteiger charge is 2.09. The number of rotatable bonds is 13. The summed E-state index contributed by atoms with van der Waals surface area (Å²) in [6.45, 7) is 6.80. The summed E-state index contributed by atoms with van der Waals surface area (Å²) in [7, 11) is 1.82. The molecule has 0 bridgehead atoms. The van der Waals surface area contributed by atoms with Gasteiger partial charge < -0.3 is 63.8 Å². The maximum absolute atomic E-state index is 10.3. The Morgan fingerprint density at radius 2 is 1.32 bits per heavy atom. The molecule has 0 saturated carbocycles. The molecule has 3 aromatic carbocycles. The number of aromatic hydroxyl groups is 1. The molecule has 62 heavy (non-hydrogen) atoms. The van der Waals surface area contributed by atoms with Crippen molar-refractivity contribution in [1.29, 1.82) is 0 Å². The molecule has 0 radical (unpaired) electrons. The van der Waals surface area contributed by atoms with Crippen LogP contribution < -0.4 is 34.4 Å². The Bertz CT molecular complexity index is 2030. The summed E-state index contributed by atoms with van der Waals surface area (Å²) in [4.78, 5) is 17.6. The molecule has 0 fully saturated rings. The summed E-state index contributed by atoms with van der Waals surface area (Å²) < 4.78 is 6.60. The Hall–Kier alpha value is -5.86. The Balaban J connectivity index is 0.000000373. The van der Waals surface area contributed by atoms with Crippen LogP contribution >= 0.6 is 0 Å². The fraction of sp³-hybridized carbons (Fsp3) is 0.333. The number of aryl methyl sites for hydroxylation is 3. The van der Waals surface area contributed by atoms with Crippen LogP contribution in [-0.2, 0) is 26.3 Å². The van der Waals surface area contributed by atoms with Crippen molar-refractivity contribution in [2.24, 2.45) is 41.4 Å². The zero-order chi connectivity index (χ0) is 46.3. The van der Waals surface area contributed by atoms with Gasteiger partial charge in [0.25, 0.3) is 5.69 Å². The van der Waals surface area contributed by atoms with Crippen molar-refractivity contribution >= 4 is 5.69 Å². The Morgan fingerprint density at radius 3 is 1.81 bits per heavy atom. The van der Waals surface area contributed by atoms with Crippen LogP contribution in [0.1, 0.15) is 63.3 Å². The number of imidazole rings is 1. The number of phenolic OH excluding ortho intramolecular Hbond substituents is 1. The first kappa shape index (κ1) is 54.2. The van der Waals surface area contributed by atoms with E-state index >= 15 is 0 Å². The molecule has 3 aromatic heterocycles. The molecule has 0 amide bonds. The minimum absolute atomic E-state index is 0.121. The number of pyridine rings is 1. The molecule has 17 heteroatoms. The summed E-state index contributed by atoms with van der Waals surface area (Å²) in [5.41, 5.74) is 38.6. The number of para-hydroxylation sites is 1. The normalized spacial score (nSPS) is 11.5. The van der Waals surface area contributed by atoms with Crippen LogP contribution in [0.3, 0.4) is 0 Å². The molecule has 6 rings (SSSR count). The van der Waals surface area contributed by atoms with Crippen LogP contribution in [0.5, 0.6) is 5.75 Å². The first-order valence-electron chi connectivity index (χ1n) is 20.0. The van der Waals surface area contributed by atoms with Crippen LogP contribution in [0, 0.1) is 24.0 Å². The quantitative estimate of drug-likeness (QED) is 0.0586. The smallest absolute Gasteiger partial charge is 0.269 e. The number of non-ortho nitro benzene ring substituents is 1. The van der Waals surface area contributed by atoms with Crippen molar-refractivity contribution in [2.45, 2.75) is 51.4 Å². The summed E-state index contributed by atoms with van der Waals surface area (Å²) in [5, 5.41) is 46.8. The van der Waals surface area contributed by atoms with Crippen LogP contribution in [0.15, 0.2) is 126 Å². The fourth-order valence-corrected chi connectivity index (χ4v) is 5.06. The van der Waals surface area contributed by atoms with Gasteiger partial charge in [-0.25, -0.2) is 4.98 Å². The molecule has 6 aromatic rings. The van der Waals surface area contributed by atoms with Crippen molar-refractivity contribution in [2.75, 3.05) is 39.3 Å². The number of aliphatic hydroxyl groups is 3. The standard InChI is InChI=1S/C10H15N.C8H10N2O2.C8H11NO.C7H10N2O.C6H11N3O.C6H9NO2/c1-8-3-4-10(5-6-11)7-9(8)2;9-6-5-7-1-3-8(4-2-7)10(11)12;9-6-5-7-3-1-2-4-8(7)10;8-4-7(10)6-2-1-3-9-5-6;1-9-3-2-8-6(9)5(10)4-7;7-4-5(8)6-2-1-3-9-6/h3-4,7H,5-6,11H2,1-2H3;1-4H,5-6,9H2;1-4,10H,5-6,9H2;1-3,5,7,10H,4,8H2;2-3,5,10H,4,7H2,1H3;1-3,5,8H,4,7H2. The second-order valence-corrected chi connectivity index (χ2v) is 13.5. The van der Waals surface area contributed by atoms with Crippen molar-refractivity contribution in [1.82, 2.24) is 14.5 Å². The van der Waals surface area contributed by atoms with Crippen molar-refractivity contribution in [3.8, 4) is 5.75 Å². The molecule has 3 unspecified atom stereocenters. The highest BCUT2D eigenvalue weighted by molar-refractivity contribution is 5.33. The minimum Gasteiger partial charge on any atom is -0.508 e. The third-order valence-electron chi connectivity index (χ3n) is 8.76. The second-order valence-electron chi connectivity index (χ2n) is 13.5. The van der Waals surface area contributed by atoms with Gasteiger partial charge in [-0.05, 0) is 105 Å². The van der Waals surface area contributed by atoms with Crippen LogP contribution in [0.2, 0.25) is 0 Å². The van der Waals surface area contributed by atoms with E-state index in [9.17, 15) is 20.3 Å². The van der Waals surface area contributed by atoms with Crippen molar-refractivity contribution < 1.29 is 29.8 Å². The van der Waals surface area contributed by atoms with Gasteiger partial charge in [-0.1, -0.05) is 54.6 Å². The lowest BCUT2D eigenvalue weighted by Crippen LogP contribution is -2.15. The van der Waals surface area contributed by atoms with Gasteiger partial charge in [0.15, 0.2) is 0 Å². The average molecular weight is 859 g/mol. The molecule has 0 aliphatic carbocycles. The SMILES string of the molecule is Cc1ccc(CCN)cc1C.Cn1ccnc1C(O)CN.NCC(O)c1cccnc1.NCC(O)c1ccco1.NCCc1ccc([N+](=O)[O-])cc1.NCCc1ccccc1O. The van der Waals surface area contributed by atoms with E-state index < -0.39 is 23.2 Å². The number of hydrogen-bond acceptors (Lipinski definition) is 15. The van der Waals surface area contributed by atoms with Crippen LogP contribution in [0.4, 0.5) is 5.69 Å². The van der Waals surface area contributed by atoms with E-state index in [0.717, 1.165) is 42.5 Å². The lowest BCUT2D eigenvalue weighted by Gasteiger charge is -2.05. The monoisotopic (exact) mass is 859 g/mol. The molecule has 0 spiro atoms. The molecule has 0 aliphatic heterocycles. The fourth-order valence-electron chi connectivity index (χ4n) is 5.06. The van der Waals surface area contributed by atoms with E-state index in [1.165, 1.54) is 35.1 Å². The number of nitrogens with zero attached hydrogens (tertiary/aromatic N) is 4. The lowest BCUT2D eigenvalue weighted by molar-refractivity contribution is -0.384. The average Bonchev–Trinajstić information content (AvgIpc) is 4.00. The molecule has 3 atom stereocenters. The zero-order valence-corrected chi connectivity index (χ0v) is 35.9. The predicted molar refractivity (Wildman–Crippen MR) is 244 cm³/mol. The van der Waals surface area contributed by atoms with E-state index in [1.807, 2.05) is 19.2 Å². The van der Waals surface area contributed by atoms with Gasteiger partial charge in [0.05, 0.1) is 17.3 Å². The third-order valence-corrected chi connectivity index (χ3v) is 8.76. The molecular weight excluding hydrogens is 793 g/mol. The first-order valence-corrected chi connectivity index (χ1v) is 20.0. The highest BCUT2D eigenvalue weighted by Crippen LogP contribution is 2.15. The van der Waals surface area contributed by atoms with E-state index in [0.29, 0.717) is 30.4 Å². The summed E-state index contributed by atoms with van der Waals surface area (Å²) >= 11 is 0. The zero-order valence-electron chi connectivity index (χ0n) is 35.9. The summed E-state index contributed by atoms with van der Waals surface area (Å²) in [6.07, 6.45) is 8.81. The van der Waals surface area contributed by atoms with Crippen molar-refractivity contribution in [3.63, 3.8) is 0 Å². The Morgan fingerprint density at radius 1 is 0.710 bits per heavy atom. The lowest BCUT2D eigenvalue weighted by atomic mass is 10.0. The first-order chi connectivity index (χ1) is 29.8. The number of nitro benzene ring substituents is 1. The molecule has 17 nitrogen and oxygen atoms in total. The van der Waals surface area contributed by atoms with E-state index in [4.69, 9.17) is 49.0 Å². The number of aromatic nitrogens is 3. The Kier molecular flexibility index (Phi) is 27.9. The van der Waals surface area contributed by atoms with E-state index in [1.54, 1.807) is 77.9 Å². The number of aliphatic hydroxyl groups excluding tert-OH is 3. The van der Waals surface area contributed by atoms with Gasteiger partial charge in [-0.3, -0.25) is 15.1 Å². The summed E-state index contributed by atoms with van der Waals surface area (Å²) in [6, 6.07) is 27.2. The highest BCUT2D eigenvalue weighted by atomic mass is 16.6. The number of nitro groups is 1. The van der Waals surface area contributed by atoms with E-state index in [2.05, 4.69) is 42.0 Å². The van der Waals surface area contributed by atoms with Gasteiger partial charge >= 0.3 is 0 Å². The van der Waals surface area contributed by atoms with Gasteiger partial charge in [0.1, 0.15) is 29.5 Å². The number of hydrogen-bond donors (Lipinski definition) is 10. The predicted octanol–water partition coefficient (Wildman–Crippen LogP) is 3.55. The molecule has 16 N–H and O–H groups in total. The molecule has 3 heterocycles. The third kappa shape index (κ3) is 21.6. The Labute approximate surface area is 364 Å². The maximum Gasteiger partial charge on any atom is 0.269 e. The maximum atomic E-state index is 10.3. The minimum atomic E-state index is -0.653. The number of furan rings is 1. The number of benzene rings is 3. The molecular formula is C45H66N10O7. The molecule has 0 aliphatic rings. The van der Waals surface area contributed by atoms with Gasteiger partial charge in [0.2, 0.25) is 0 Å². The van der Waals surface area contributed by atoms with Gasteiger partial charge in [-0.2, -0.15) is 0 Å². The van der Waals surface area contributed by atoms with Crippen molar-refractivity contribution in [3.05, 3.63) is 177 Å². The van der Waals surface area contributed by atoms with Crippen LogP contribution in [0.25, 0.3) is 0 Å². The number of nitrogens with two attached hydrogens (primary N) is 6.